The molecule has 0 saturated carbocycles. The fourth-order valence-corrected chi connectivity index (χ4v) is 3.96. The maximum Gasteiger partial charge on any atom is 0.158 e. The van der Waals surface area contributed by atoms with Gasteiger partial charge in [0.25, 0.3) is 0 Å². The number of hydrogen-bond donors (Lipinski definition) is 1. The molecule has 0 radical (unpaired) electrons. The third-order valence-corrected chi connectivity index (χ3v) is 5.17. The second-order valence-corrected chi connectivity index (χ2v) is 7.22. The third kappa shape index (κ3) is 3.22. The van der Waals surface area contributed by atoms with E-state index in [4.69, 9.17) is 0 Å². The lowest BCUT2D eigenvalue weighted by Gasteiger charge is -2.32. The van der Waals surface area contributed by atoms with Crippen molar-refractivity contribution in [1.29, 1.82) is 0 Å². The number of imidazole rings is 1. The minimum atomic E-state index is 0.390. The highest BCUT2D eigenvalue weighted by atomic mass is 32.1. The van der Waals surface area contributed by atoms with Gasteiger partial charge < -0.3 is 4.98 Å². The van der Waals surface area contributed by atoms with Crippen molar-refractivity contribution in [1.82, 2.24) is 29.8 Å². The molecule has 1 fully saturated rings. The Morgan fingerprint density at radius 3 is 2.96 bits per heavy atom. The van der Waals surface area contributed by atoms with Crippen molar-refractivity contribution in [3.05, 3.63) is 46.6 Å². The number of rotatable bonds is 4. The van der Waals surface area contributed by atoms with Crippen LogP contribution < -0.4 is 0 Å². The molecule has 1 saturated heterocycles. The molecule has 6 nitrogen and oxygen atoms in total. The van der Waals surface area contributed by atoms with Gasteiger partial charge in [-0.2, -0.15) is 0 Å². The second kappa shape index (κ2) is 6.78. The summed E-state index contributed by atoms with van der Waals surface area (Å²) in [5, 5.41) is 0. The van der Waals surface area contributed by atoms with Crippen LogP contribution in [-0.2, 0) is 6.54 Å². The Hall–Kier alpha value is -2.12. The molecule has 3 aromatic rings. The van der Waals surface area contributed by atoms with Crippen molar-refractivity contribution < 1.29 is 0 Å². The van der Waals surface area contributed by atoms with Gasteiger partial charge in [0.1, 0.15) is 5.69 Å². The van der Waals surface area contributed by atoms with E-state index in [9.17, 15) is 0 Å². The molecule has 4 heterocycles. The summed E-state index contributed by atoms with van der Waals surface area (Å²) in [6.07, 6.45) is 9.66. The largest absolute Gasteiger partial charge is 0.341 e. The number of hydrogen-bond acceptors (Lipinski definition) is 6. The summed E-state index contributed by atoms with van der Waals surface area (Å²) in [5.74, 6) is 1.20. The van der Waals surface area contributed by atoms with Gasteiger partial charge in [-0.3, -0.25) is 14.9 Å². The molecule has 0 spiro atoms. The van der Waals surface area contributed by atoms with Crippen molar-refractivity contribution in [2.45, 2.75) is 32.2 Å². The lowest BCUT2D eigenvalue weighted by molar-refractivity contribution is 0.200. The Morgan fingerprint density at radius 2 is 2.17 bits per heavy atom. The standard InChI is InChI=1S/C17H20N6S/c1-12-7-21-17(22-12)16-15(19-4-5-20-16)13-3-2-6-23(9-13)10-14-8-18-11-24-14/h4-5,7-8,11,13H,2-3,6,9-10H2,1H3,(H,21,22)/t13-/m0/s1. The number of H-pyrrole nitrogens is 1. The zero-order valence-electron chi connectivity index (χ0n) is 13.6. The lowest BCUT2D eigenvalue weighted by atomic mass is 9.93. The van der Waals surface area contributed by atoms with Crippen LogP contribution in [0.2, 0.25) is 0 Å². The molecule has 3 aromatic heterocycles. The van der Waals surface area contributed by atoms with Gasteiger partial charge in [-0.1, -0.05) is 0 Å². The van der Waals surface area contributed by atoms with Gasteiger partial charge in [0.05, 0.1) is 11.2 Å². The van der Waals surface area contributed by atoms with E-state index in [1.165, 1.54) is 11.3 Å². The first-order valence-corrected chi connectivity index (χ1v) is 9.10. The van der Waals surface area contributed by atoms with E-state index in [1.54, 1.807) is 23.7 Å². The molecule has 1 aliphatic rings. The van der Waals surface area contributed by atoms with Crippen LogP contribution in [0.5, 0.6) is 0 Å². The molecule has 0 aliphatic carbocycles. The van der Waals surface area contributed by atoms with Crippen LogP contribution in [0.4, 0.5) is 0 Å². The first-order chi connectivity index (χ1) is 11.8. The van der Waals surface area contributed by atoms with Crippen LogP contribution in [0.15, 0.2) is 30.3 Å². The first kappa shape index (κ1) is 15.4. The van der Waals surface area contributed by atoms with Crippen LogP contribution in [0.25, 0.3) is 11.5 Å². The Kier molecular flexibility index (Phi) is 4.36. The van der Waals surface area contributed by atoms with Gasteiger partial charge in [-0.05, 0) is 26.3 Å². The molecule has 0 bridgehead atoms. The lowest BCUT2D eigenvalue weighted by Crippen LogP contribution is -2.34. The first-order valence-electron chi connectivity index (χ1n) is 8.22. The van der Waals surface area contributed by atoms with E-state index < -0.39 is 0 Å². The van der Waals surface area contributed by atoms with E-state index in [1.807, 2.05) is 24.8 Å². The maximum atomic E-state index is 4.66. The highest BCUT2D eigenvalue weighted by Gasteiger charge is 2.26. The van der Waals surface area contributed by atoms with Crippen LogP contribution in [0.1, 0.15) is 35.0 Å². The molecule has 1 atom stereocenters. The van der Waals surface area contributed by atoms with Crippen LogP contribution >= 0.6 is 11.3 Å². The van der Waals surface area contributed by atoms with Gasteiger partial charge in [0, 0.05) is 54.4 Å². The summed E-state index contributed by atoms with van der Waals surface area (Å²) in [7, 11) is 0. The molecular formula is C17H20N6S. The summed E-state index contributed by atoms with van der Waals surface area (Å²) in [6, 6.07) is 0. The Morgan fingerprint density at radius 1 is 1.25 bits per heavy atom. The minimum absolute atomic E-state index is 0.390. The molecule has 4 rings (SSSR count). The molecule has 124 valence electrons. The van der Waals surface area contributed by atoms with Crippen LogP contribution in [-0.4, -0.2) is 42.9 Å². The summed E-state index contributed by atoms with van der Waals surface area (Å²) >= 11 is 1.72. The number of aromatic amines is 1. The average Bonchev–Trinajstić information content (AvgIpc) is 3.27. The number of nitrogens with one attached hydrogen (secondary N) is 1. The molecular weight excluding hydrogens is 320 g/mol. The van der Waals surface area contributed by atoms with Gasteiger partial charge in [0.15, 0.2) is 5.82 Å². The summed E-state index contributed by atoms with van der Waals surface area (Å²) in [4.78, 5) is 24.9. The molecule has 7 heteroatoms. The molecule has 24 heavy (non-hydrogen) atoms. The third-order valence-electron chi connectivity index (χ3n) is 4.41. The SMILES string of the molecule is Cc1cnc(-c2nccnc2[C@H]2CCCN(Cc3cncs3)C2)[nH]1. The van der Waals surface area contributed by atoms with Crippen molar-refractivity contribution >= 4 is 11.3 Å². The van der Waals surface area contributed by atoms with Gasteiger partial charge in [-0.15, -0.1) is 11.3 Å². The Balaban J connectivity index is 1.57. The highest BCUT2D eigenvalue weighted by molar-refractivity contribution is 7.09. The van der Waals surface area contributed by atoms with Crippen LogP contribution in [0, 0.1) is 6.92 Å². The molecule has 1 N–H and O–H groups in total. The summed E-state index contributed by atoms with van der Waals surface area (Å²) < 4.78 is 0. The monoisotopic (exact) mass is 340 g/mol. The van der Waals surface area contributed by atoms with Gasteiger partial charge in [-0.25, -0.2) is 9.97 Å². The highest BCUT2D eigenvalue weighted by Crippen LogP contribution is 2.31. The van der Waals surface area contributed by atoms with E-state index in [0.717, 1.165) is 49.0 Å². The van der Waals surface area contributed by atoms with Crippen molar-refractivity contribution in [2.75, 3.05) is 13.1 Å². The number of nitrogens with zero attached hydrogens (tertiary/aromatic N) is 5. The average molecular weight is 340 g/mol. The van der Waals surface area contributed by atoms with E-state index in [-0.39, 0.29) is 0 Å². The fourth-order valence-electron chi connectivity index (χ4n) is 3.33. The predicted octanol–water partition coefficient (Wildman–Crippen LogP) is 3.01. The minimum Gasteiger partial charge on any atom is -0.341 e. The quantitative estimate of drug-likeness (QED) is 0.790. The van der Waals surface area contributed by atoms with Gasteiger partial charge >= 0.3 is 0 Å². The number of aromatic nitrogens is 5. The number of aryl methyl sites for hydroxylation is 1. The van der Waals surface area contributed by atoms with Crippen molar-refractivity contribution in [3.8, 4) is 11.5 Å². The Bertz CT molecular complexity index is 797. The predicted molar refractivity (Wildman–Crippen MR) is 93.7 cm³/mol. The zero-order chi connectivity index (χ0) is 16.4. The topological polar surface area (TPSA) is 70.6 Å². The number of thiazole rings is 1. The van der Waals surface area contributed by atoms with E-state index in [2.05, 4.69) is 29.8 Å². The van der Waals surface area contributed by atoms with Gasteiger partial charge in [0.2, 0.25) is 0 Å². The molecule has 0 unspecified atom stereocenters. The second-order valence-electron chi connectivity index (χ2n) is 6.25. The molecule has 1 aliphatic heterocycles. The molecule has 0 amide bonds. The smallest absolute Gasteiger partial charge is 0.158 e. The van der Waals surface area contributed by atoms with Crippen molar-refractivity contribution in [3.63, 3.8) is 0 Å². The Labute approximate surface area is 145 Å². The van der Waals surface area contributed by atoms with E-state index >= 15 is 0 Å². The maximum absolute atomic E-state index is 4.66. The number of likely N-dealkylation sites (tertiary alicyclic amines) is 1. The molecule has 0 aromatic carbocycles. The fraction of sp³-hybridized carbons (Fsp3) is 0.412. The summed E-state index contributed by atoms with van der Waals surface area (Å²) in [5.41, 5.74) is 4.88. The van der Waals surface area contributed by atoms with Crippen LogP contribution in [0.3, 0.4) is 0 Å². The number of piperidine rings is 1. The normalized spacial score (nSPS) is 18.8. The van der Waals surface area contributed by atoms with Crippen molar-refractivity contribution in [2.24, 2.45) is 0 Å². The zero-order valence-corrected chi connectivity index (χ0v) is 14.5. The van der Waals surface area contributed by atoms with E-state index in [0.29, 0.717) is 5.92 Å². The summed E-state index contributed by atoms with van der Waals surface area (Å²) in [6.45, 7) is 5.10.